The van der Waals surface area contributed by atoms with E-state index in [-0.39, 0.29) is 0 Å². The molecule has 0 spiro atoms. The molecule has 1 heterocycles. The number of hydrogen-bond donors (Lipinski definition) is 0. The van der Waals surface area contributed by atoms with Gasteiger partial charge in [0.2, 0.25) is 0 Å². The molecule has 1 saturated heterocycles. The molecule has 1 aliphatic heterocycles. The highest BCUT2D eigenvalue weighted by Gasteiger charge is 2.21. The SMILES string of the molecule is C=C1CN1Cc1ccc(Cl)cc1. The molecule has 2 heteroatoms. The molecule has 62 valence electrons. The van der Waals surface area contributed by atoms with Crippen LogP contribution in [0.3, 0.4) is 0 Å². The third kappa shape index (κ3) is 1.62. The topological polar surface area (TPSA) is 3.01 Å². The van der Waals surface area contributed by atoms with Gasteiger partial charge in [-0.25, -0.2) is 0 Å². The molecule has 0 unspecified atom stereocenters. The summed E-state index contributed by atoms with van der Waals surface area (Å²) in [5.41, 5.74) is 2.52. The van der Waals surface area contributed by atoms with Crippen molar-refractivity contribution >= 4 is 11.6 Å². The Morgan fingerprint density at radius 1 is 1.33 bits per heavy atom. The third-order valence-corrected chi connectivity index (χ3v) is 2.26. The number of rotatable bonds is 2. The van der Waals surface area contributed by atoms with E-state index in [1.807, 2.05) is 24.3 Å². The predicted octanol–water partition coefficient (Wildman–Crippen LogP) is 2.67. The average molecular weight is 180 g/mol. The Kier molecular flexibility index (Phi) is 1.81. The average Bonchev–Trinajstić information content (AvgIpc) is 2.72. The third-order valence-electron chi connectivity index (χ3n) is 2.00. The van der Waals surface area contributed by atoms with Gasteiger partial charge in [-0.1, -0.05) is 30.3 Å². The van der Waals surface area contributed by atoms with Crippen molar-refractivity contribution in [1.82, 2.24) is 4.90 Å². The van der Waals surface area contributed by atoms with Crippen molar-refractivity contribution in [2.45, 2.75) is 6.54 Å². The second-order valence-corrected chi connectivity index (χ2v) is 3.49. The molecule has 1 fully saturated rings. The molecule has 0 saturated carbocycles. The molecule has 2 rings (SSSR count). The van der Waals surface area contributed by atoms with Crippen molar-refractivity contribution in [2.75, 3.05) is 6.54 Å². The van der Waals surface area contributed by atoms with Gasteiger partial charge in [0.05, 0.1) is 6.54 Å². The molecule has 1 aromatic carbocycles. The Morgan fingerprint density at radius 3 is 2.42 bits per heavy atom. The van der Waals surface area contributed by atoms with Crippen molar-refractivity contribution in [1.29, 1.82) is 0 Å². The maximum Gasteiger partial charge on any atom is 0.0574 e. The summed E-state index contributed by atoms with van der Waals surface area (Å²) in [7, 11) is 0. The summed E-state index contributed by atoms with van der Waals surface area (Å²) in [6, 6.07) is 7.94. The minimum Gasteiger partial charge on any atom is -0.364 e. The molecule has 0 aromatic heterocycles. The first-order valence-corrected chi connectivity index (χ1v) is 4.31. The lowest BCUT2D eigenvalue weighted by atomic mass is 10.2. The van der Waals surface area contributed by atoms with Gasteiger partial charge in [0.15, 0.2) is 0 Å². The zero-order valence-electron chi connectivity index (χ0n) is 6.76. The highest BCUT2D eigenvalue weighted by molar-refractivity contribution is 6.30. The minimum absolute atomic E-state index is 0.795. The van der Waals surface area contributed by atoms with Crippen LogP contribution in [0.4, 0.5) is 0 Å². The van der Waals surface area contributed by atoms with Crippen molar-refractivity contribution in [2.24, 2.45) is 0 Å². The second-order valence-electron chi connectivity index (χ2n) is 3.05. The summed E-state index contributed by atoms with van der Waals surface area (Å²) >= 11 is 5.76. The highest BCUT2D eigenvalue weighted by Crippen LogP contribution is 2.23. The first-order chi connectivity index (χ1) is 5.75. The molecule has 1 aromatic rings. The van der Waals surface area contributed by atoms with E-state index >= 15 is 0 Å². The van der Waals surface area contributed by atoms with Crippen LogP contribution in [0.5, 0.6) is 0 Å². The lowest BCUT2D eigenvalue weighted by molar-refractivity contribution is 0.581. The predicted molar refractivity (Wildman–Crippen MR) is 51.0 cm³/mol. The van der Waals surface area contributed by atoms with E-state index in [0.29, 0.717) is 0 Å². The maximum absolute atomic E-state index is 5.76. The Bertz CT molecular complexity index is 302. The largest absolute Gasteiger partial charge is 0.364 e. The normalized spacial score (nSPS) is 15.1. The standard InChI is InChI=1S/C10H10ClN/c1-8-6-12(8)7-9-2-4-10(11)5-3-9/h2-5H,1,6-7H2. The van der Waals surface area contributed by atoms with Gasteiger partial charge in [-0.05, 0) is 17.7 Å². The molecule has 0 N–H and O–H groups in total. The van der Waals surface area contributed by atoms with Crippen LogP contribution >= 0.6 is 11.6 Å². The summed E-state index contributed by atoms with van der Waals surface area (Å²) in [6.45, 7) is 5.87. The van der Waals surface area contributed by atoms with Crippen LogP contribution in [-0.2, 0) is 6.54 Å². The van der Waals surface area contributed by atoms with E-state index in [1.165, 1.54) is 11.3 Å². The van der Waals surface area contributed by atoms with E-state index in [9.17, 15) is 0 Å². The van der Waals surface area contributed by atoms with Gasteiger partial charge in [0.25, 0.3) is 0 Å². The van der Waals surface area contributed by atoms with Gasteiger partial charge in [-0.2, -0.15) is 0 Å². The zero-order chi connectivity index (χ0) is 8.55. The lowest BCUT2D eigenvalue weighted by Crippen LogP contribution is -1.94. The summed E-state index contributed by atoms with van der Waals surface area (Å²) < 4.78 is 0. The molecule has 0 radical (unpaired) electrons. The first kappa shape index (κ1) is 7.69. The van der Waals surface area contributed by atoms with E-state index in [2.05, 4.69) is 11.5 Å². The molecule has 0 bridgehead atoms. The number of benzene rings is 1. The van der Waals surface area contributed by atoms with Crippen molar-refractivity contribution in [3.8, 4) is 0 Å². The maximum atomic E-state index is 5.76. The van der Waals surface area contributed by atoms with Crippen LogP contribution < -0.4 is 0 Å². The number of hydrogen-bond acceptors (Lipinski definition) is 1. The van der Waals surface area contributed by atoms with Crippen LogP contribution in [-0.4, -0.2) is 11.4 Å². The Morgan fingerprint density at radius 2 is 1.92 bits per heavy atom. The summed E-state index contributed by atoms with van der Waals surface area (Å²) in [4.78, 5) is 2.23. The van der Waals surface area contributed by atoms with E-state index in [4.69, 9.17) is 11.6 Å². The van der Waals surface area contributed by atoms with Crippen LogP contribution in [0.15, 0.2) is 36.5 Å². The van der Waals surface area contributed by atoms with E-state index < -0.39 is 0 Å². The first-order valence-electron chi connectivity index (χ1n) is 3.93. The Labute approximate surface area is 77.3 Å². The molecule has 1 aliphatic rings. The van der Waals surface area contributed by atoms with Crippen LogP contribution in [0.25, 0.3) is 0 Å². The summed E-state index contributed by atoms with van der Waals surface area (Å²) in [5, 5.41) is 0.795. The van der Waals surface area contributed by atoms with Gasteiger partial charge in [0, 0.05) is 17.3 Å². The van der Waals surface area contributed by atoms with Crippen molar-refractivity contribution in [3.63, 3.8) is 0 Å². The van der Waals surface area contributed by atoms with Gasteiger partial charge in [-0.15, -0.1) is 0 Å². The number of halogens is 1. The highest BCUT2D eigenvalue weighted by atomic mass is 35.5. The quantitative estimate of drug-likeness (QED) is 0.631. The minimum atomic E-state index is 0.795. The monoisotopic (exact) mass is 179 g/mol. The van der Waals surface area contributed by atoms with Gasteiger partial charge < -0.3 is 4.90 Å². The lowest BCUT2D eigenvalue weighted by Gasteiger charge is -2.01. The van der Waals surface area contributed by atoms with Crippen LogP contribution in [0.2, 0.25) is 5.02 Å². The molecule has 1 nitrogen and oxygen atoms in total. The van der Waals surface area contributed by atoms with Gasteiger partial charge in [0.1, 0.15) is 0 Å². The van der Waals surface area contributed by atoms with Gasteiger partial charge in [-0.3, -0.25) is 0 Å². The fourth-order valence-corrected chi connectivity index (χ4v) is 1.29. The van der Waals surface area contributed by atoms with Crippen molar-refractivity contribution < 1.29 is 0 Å². The molecule has 0 atom stereocenters. The Hall–Kier alpha value is -0.950. The van der Waals surface area contributed by atoms with Crippen LogP contribution in [0.1, 0.15) is 5.56 Å². The number of nitrogens with zero attached hydrogens (tertiary/aromatic N) is 1. The second kappa shape index (κ2) is 2.83. The van der Waals surface area contributed by atoms with Gasteiger partial charge >= 0.3 is 0 Å². The van der Waals surface area contributed by atoms with Crippen LogP contribution in [0, 0.1) is 0 Å². The summed E-state index contributed by atoms with van der Waals surface area (Å²) in [6.07, 6.45) is 0. The smallest absolute Gasteiger partial charge is 0.0574 e. The van der Waals surface area contributed by atoms with E-state index in [1.54, 1.807) is 0 Å². The molecule has 12 heavy (non-hydrogen) atoms. The molecular weight excluding hydrogens is 170 g/mol. The zero-order valence-corrected chi connectivity index (χ0v) is 7.51. The fourth-order valence-electron chi connectivity index (χ4n) is 1.16. The molecule has 0 aliphatic carbocycles. The summed E-state index contributed by atoms with van der Waals surface area (Å²) in [5.74, 6) is 0. The fraction of sp³-hybridized carbons (Fsp3) is 0.200. The Balaban J connectivity index is 2.04. The van der Waals surface area contributed by atoms with E-state index in [0.717, 1.165) is 18.1 Å². The molecule has 0 amide bonds. The molecular formula is C10H10ClN. The van der Waals surface area contributed by atoms with Crippen molar-refractivity contribution in [3.05, 3.63) is 47.1 Å².